The van der Waals surface area contributed by atoms with Gasteiger partial charge in [0.05, 0.1) is 0 Å². The Morgan fingerprint density at radius 1 is 1.40 bits per heavy atom. The van der Waals surface area contributed by atoms with Gasteiger partial charge in [0.25, 0.3) is 0 Å². The predicted molar refractivity (Wildman–Crippen MR) is 53.1 cm³/mol. The number of nitrogens with zero attached hydrogens (tertiary/aromatic N) is 1. The summed E-state index contributed by atoms with van der Waals surface area (Å²) in [7, 11) is 1.18. The molecule has 0 aliphatic rings. The van der Waals surface area contributed by atoms with E-state index in [0.717, 1.165) is 6.26 Å². The van der Waals surface area contributed by atoms with Gasteiger partial charge < -0.3 is 0 Å². The molecule has 7 heteroatoms. The van der Waals surface area contributed by atoms with E-state index in [1.165, 1.54) is 24.3 Å². The van der Waals surface area contributed by atoms with Crippen molar-refractivity contribution in [2.24, 2.45) is 5.06 Å². The normalized spacial score (nSPS) is 10.7. The Morgan fingerprint density at radius 2 is 2.00 bits per heavy atom. The Labute approximate surface area is 88.1 Å². The van der Waals surface area contributed by atoms with Crippen molar-refractivity contribution in [2.75, 3.05) is 6.26 Å². The molecule has 0 heterocycles. The van der Waals surface area contributed by atoms with Crippen LogP contribution in [0.5, 0.6) is 0 Å². The number of rotatable bonds is 3. The van der Waals surface area contributed by atoms with E-state index in [2.05, 4.69) is 17.5 Å². The molecular weight excluding hydrogens is 217 g/mol. The van der Waals surface area contributed by atoms with Gasteiger partial charge in [-0.1, -0.05) is 0 Å². The van der Waals surface area contributed by atoms with Crippen LogP contribution in [0.25, 0.3) is 0 Å². The van der Waals surface area contributed by atoms with Crippen LogP contribution in [0.2, 0.25) is 0 Å². The number of hydrogen-bond donors (Lipinski definition) is 0. The quantitative estimate of drug-likeness (QED) is 0.553. The van der Waals surface area contributed by atoms with Gasteiger partial charge in [-0.15, -0.1) is 0 Å². The summed E-state index contributed by atoms with van der Waals surface area (Å²) in [5, 5.41) is 2.69. The van der Waals surface area contributed by atoms with E-state index in [9.17, 15) is 13.2 Å². The molecule has 0 amide bonds. The Kier molecular flexibility index (Phi) is 3.36. The van der Waals surface area contributed by atoms with Crippen LogP contribution in [0.1, 0.15) is 10.4 Å². The molecule has 1 radical (unpaired) electrons. The summed E-state index contributed by atoms with van der Waals surface area (Å²) in [6.45, 7) is 0. The molecule has 0 bridgehead atoms. The second-order valence-electron chi connectivity index (χ2n) is 2.75. The van der Waals surface area contributed by atoms with Gasteiger partial charge in [-0.25, -0.2) is 0 Å². The van der Waals surface area contributed by atoms with E-state index in [1.807, 2.05) is 0 Å². The van der Waals surface area contributed by atoms with Crippen LogP contribution in [-0.2, 0) is 14.7 Å². The number of sulfone groups is 1. The second-order valence-corrected chi connectivity index (χ2v) is 4.74. The third-order valence-electron chi connectivity index (χ3n) is 1.64. The standard InChI is InChI=1S/C8H7BNO4S/c1-15(12,13)7-5-3-2-4-6(7)8(11)14-10-9/h2-5H,1H3. The molecule has 77 valence electrons. The van der Waals surface area contributed by atoms with Crippen LogP contribution in [0, 0.1) is 0 Å². The molecule has 0 spiro atoms. The fourth-order valence-electron chi connectivity index (χ4n) is 1.06. The maximum absolute atomic E-state index is 11.3. The molecule has 0 unspecified atom stereocenters. The number of carbonyl (C=O) groups is 1. The molecule has 0 aromatic heterocycles. The molecule has 1 aromatic rings. The fraction of sp³-hybridized carbons (Fsp3) is 0.125. The van der Waals surface area contributed by atoms with E-state index < -0.39 is 15.8 Å². The van der Waals surface area contributed by atoms with Crippen molar-refractivity contribution < 1.29 is 18.0 Å². The van der Waals surface area contributed by atoms with Crippen LogP contribution in [0.3, 0.4) is 0 Å². The topological polar surface area (TPSA) is 72.8 Å². The predicted octanol–water partition coefficient (Wildman–Crippen LogP) is 0.514. The number of benzene rings is 1. The van der Waals surface area contributed by atoms with Gasteiger partial charge in [0.15, 0.2) is 0 Å². The van der Waals surface area contributed by atoms with Gasteiger partial charge in [0, 0.05) is 0 Å². The summed E-state index contributed by atoms with van der Waals surface area (Å²) < 4.78 is 22.6. The van der Waals surface area contributed by atoms with E-state index >= 15 is 0 Å². The zero-order chi connectivity index (χ0) is 11.5. The van der Waals surface area contributed by atoms with Crippen molar-refractivity contribution in [3.8, 4) is 0 Å². The molecule has 0 saturated heterocycles. The fourth-order valence-corrected chi connectivity index (χ4v) is 1.93. The van der Waals surface area contributed by atoms with Crippen molar-refractivity contribution in [3.63, 3.8) is 0 Å². The molecule has 0 aliphatic carbocycles. The Bertz CT molecular complexity index is 497. The monoisotopic (exact) mass is 224 g/mol. The first-order valence-electron chi connectivity index (χ1n) is 3.87. The first-order valence-corrected chi connectivity index (χ1v) is 5.76. The SMILES string of the molecule is [B]=NOC(=O)c1ccccc1S(C)(=O)=O. The van der Waals surface area contributed by atoms with Crippen molar-refractivity contribution in [2.45, 2.75) is 4.90 Å². The van der Waals surface area contributed by atoms with Crippen LogP contribution in [0.4, 0.5) is 0 Å². The van der Waals surface area contributed by atoms with E-state index in [1.54, 1.807) is 0 Å². The summed E-state index contributed by atoms with van der Waals surface area (Å²) in [5.41, 5.74) is -0.0887. The summed E-state index contributed by atoms with van der Waals surface area (Å²) in [6.07, 6.45) is 0.999. The van der Waals surface area contributed by atoms with Gasteiger partial charge in [-0.2, -0.15) is 0 Å². The Balaban J connectivity index is 3.30. The van der Waals surface area contributed by atoms with Gasteiger partial charge in [0.1, 0.15) is 0 Å². The third-order valence-corrected chi connectivity index (χ3v) is 2.80. The average Bonchev–Trinajstić information content (AvgIpc) is 2.17. The average molecular weight is 224 g/mol. The number of carbonyl (C=O) groups excluding carboxylic acids is 1. The molecule has 0 fully saturated rings. The Hall–Kier alpha value is -1.50. The van der Waals surface area contributed by atoms with Crippen molar-refractivity contribution in [3.05, 3.63) is 29.8 Å². The molecule has 0 saturated carbocycles. The van der Waals surface area contributed by atoms with Gasteiger partial charge in [-0.3, -0.25) is 0 Å². The first-order chi connectivity index (χ1) is 6.96. The molecule has 0 N–H and O–H groups in total. The van der Waals surface area contributed by atoms with E-state index in [0.29, 0.717) is 0 Å². The third kappa shape index (κ3) is 2.72. The minimum absolute atomic E-state index is 0.0887. The zero-order valence-electron chi connectivity index (χ0n) is 7.88. The number of hydrogen-bond acceptors (Lipinski definition) is 5. The van der Waals surface area contributed by atoms with Crippen molar-refractivity contribution in [1.29, 1.82) is 0 Å². The van der Waals surface area contributed by atoms with Crippen molar-refractivity contribution >= 4 is 23.4 Å². The van der Waals surface area contributed by atoms with Crippen LogP contribution in [-0.4, -0.2) is 28.3 Å². The zero-order valence-corrected chi connectivity index (χ0v) is 8.69. The van der Waals surface area contributed by atoms with Crippen LogP contribution < -0.4 is 0 Å². The summed E-state index contributed by atoms with van der Waals surface area (Å²) >= 11 is 0. The molecule has 15 heavy (non-hydrogen) atoms. The summed E-state index contributed by atoms with van der Waals surface area (Å²) in [6, 6.07) is 5.65. The van der Waals surface area contributed by atoms with E-state index in [-0.39, 0.29) is 10.5 Å². The van der Waals surface area contributed by atoms with E-state index in [4.69, 9.17) is 0 Å². The second kappa shape index (κ2) is 4.35. The molecular formula is C8H7BNO4S. The molecule has 1 rings (SSSR count). The van der Waals surface area contributed by atoms with Gasteiger partial charge in [-0.05, 0) is 0 Å². The maximum atomic E-state index is 11.3. The molecule has 1 aromatic carbocycles. The molecule has 0 atom stereocenters. The first kappa shape index (κ1) is 11.6. The van der Waals surface area contributed by atoms with Crippen LogP contribution >= 0.6 is 0 Å². The van der Waals surface area contributed by atoms with Crippen molar-refractivity contribution in [1.82, 2.24) is 0 Å². The summed E-state index contributed by atoms with van der Waals surface area (Å²) in [5.74, 6) is -0.904. The minimum atomic E-state index is -3.48. The van der Waals surface area contributed by atoms with Crippen LogP contribution in [0.15, 0.2) is 34.2 Å². The summed E-state index contributed by atoms with van der Waals surface area (Å²) in [4.78, 5) is 15.3. The molecule has 5 nitrogen and oxygen atoms in total. The van der Waals surface area contributed by atoms with Gasteiger partial charge >= 0.3 is 87.5 Å². The molecule has 0 aliphatic heterocycles. The van der Waals surface area contributed by atoms with Gasteiger partial charge in [0.2, 0.25) is 0 Å². The Morgan fingerprint density at radius 3 is 2.53 bits per heavy atom.